The van der Waals surface area contributed by atoms with Crippen LogP contribution < -0.4 is 10.6 Å². The molecule has 0 aliphatic carbocycles. The molecular weight excluding hydrogens is 212 g/mol. The maximum Gasteiger partial charge on any atom is 0.228 e. The van der Waals surface area contributed by atoms with Gasteiger partial charge >= 0.3 is 0 Å². The van der Waals surface area contributed by atoms with Crippen LogP contribution in [0.5, 0.6) is 0 Å². The van der Waals surface area contributed by atoms with Crippen LogP contribution in [0.25, 0.3) is 0 Å². The molecule has 1 aliphatic rings. The van der Waals surface area contributed by atoms with Crippen molar-refractivity contribution in [3.63, 3.8) is 0 Å². The van der Waals surface area contributed by atoms with Gasteiger partial charge in [0.25, 0.3) is 0 Å². The van der Waals surface area contributed by atoms with E-state index in [1.807, 2.05) is 18.2 Å². The highest BCUT2D eigenvalue weighted by atomic mass is 16.1. The summed E-state index contributed by atoms with van der Waals surface area (Å²) in [6.07, 6.45) is 3.08. The molecule has 1 aliphatic heterocycles. The minimum atomic E-state index is 0.119. The third-order valence-corrected chi connectivity index (χ3v) is 3.27. The van der Waals surface area contributed by atoms with Crippen LogP contribution in [0.2, 0.25) is 0 Å². The van der Waals surface area contributed by atoms with E-state index in [-0.39, 0.29) is 11.8 Å². The minimum Gasteiger partial charge on any atom is -0.326 e. The summed E-state index contributed by atoms with van der Waals surface area (Å²) in [5.41, 5.74) is 2.17. The van der Waals surface area contributed by atoms with Crippen LogP contribution in [0, 0.1) is 5.92 Å². The molecule has 0 saturated carbocycles. The Bertz CT molecular complexity index is 384. The summed E-state index contributed by atoms with van der Waals surface area (Å²) >= 11 is 0. The van der Waals surface area contributed by atoms with Crippen molar-refractivity contribution < 1.29 is 4.79 Å². The molecule has 92 valence electrons. The molecule has 0 bridgehead atoms. The molecule has 17 heavy (non-hydrogen) atoms. The molecular formula is C14H20N2O. The van der Waals surface area contributed by atoms with E-state index in [2.05, 4.69) is 23.6 Å². The molecule has 1 unspecified atom stereocenters. The first-order valence-corrected chi connectivity index (χ1v) is 6.40. The summed E-state index contributed by atoms with van der Waals surface area (Å²) in [6, 6.07) is 8.08. The van der Waals surface area contributed by atoms with E-state index in [0.29, 0.717) is 0 Å². The Morgan fingerprint density at radius 2 is 2.41 bits per heavy atom. The Labute approximate surface area is 103 Å². The highest BCUT2D eigenvalue weighted by Crippen LogP contribution is 2.15. The van der Waals surface area contributed by atoms with Crippen molar-refractivity contribution in [2.75, 3.05) is 18.4 Å². The Kier molecular flexibility index (Phi) is 4.15. The Hall–Kier alpha value is -1.35. The standard InChI is InChI=1S/C14H20N2O/c1-2-11-5-3-7-13(9-11)16-14(17)12-6-4-8-15-10-12/h3,5,7,9,12,15H,2,4,6,8,10H2,1H3,(H,16,17). The number of carbonyl (C=O) groups excluding carboxylic acids is 1. The number of hydrogen-bond donors (Lipinski definition) is 2. The van der Waals surface area contributed by atoms with E-state index >= 15 is 0 Å². The third kappa shape index (κ3) is 3.30. The first-order valence-electron chi connectivity index (χ1n) is 6.40. The van der Waals surface area contributed by atoms with E-state index in [1.54, 1.807) is 0 Å². The molecule has 1 fully saturated rings. The number of aryl methyl sites for hydroxylation is 1. The zero-order valence-electron chi connectivity index (χ0n) is 10.3. The van der Waals surface area contributed by atoms with Gasteiger partial charge in [-0.1, -0.05) is 19.1 Å². The lowest BCUT2D eigenvalue weighted by Crippen LogP contribution is -2.37. The van der Waals surface area contributed by atoms with Crippen molar-refractivity contribution in [2.45, 2.75) is 26.2 Å². The van der Waals surface area contributed by atoms with Gasteiger partial charge < -0.3 is 10.6 Å². The van der Waals surface area contributed by atoms with Crippen LogP contribution in [0.3, 0.4) is 0 Å². The average Bonchev–Trinajstić information content (AvgIpc) is 2.40. The molecule has 0 aromatic heterocycles. The number of nitrogens with one attached hydrogen (secondary N) is 2. The fourth-order valence-corrected chi connectivity index (χ4v) is 2.19. The number of piperidine rings is 1. The molecule has 0 radical (unpaired) electrons. The molecule has 2 N–H and O–H groups in total. The van der Waals surface area contributed by atoms with Crippen molar-refractivity contribution in [2.24, 2.45) is 5.92 Å². The van der Waals surface area contributed by atoms with Crippen LogP contribution in [0.1, 0.15) is 25.3 Å². The van der Waals surface area contributed by atoms with Gasteiger partial charge in [-0.15, -0.1) is 0 Å². The first kappa shape index (κ1) is 12.1. The summed E-state index contributed by atoms with van der Waals surface area (Å²) in [4.78, 5) is 12.0. The zero-order valence-corrected chi connectivity index (χ0v) is 10.3. The first-order chi connectivity index (χ1) is 8.29. The van der Waals surface area contributed by atoms with Gasteiger partial charge in [-0.25, -0.2) is 0 Å². The second-order valence-corrected chi connectivity index (χ2v) is 4.59. The Balaban J connectivity index is 1.96. The highest BCUT2D eigenvalue weighted by Gasteiger charge is 2.20. The van der Waals surface area contributed by atoms with Gasteiger partial charge in [0.2, 0.25) is 5.91 Å². The normalized spacial score (nSPS) is 19.9. The molecule has 1 saturated heterocycles. The molecule has 1 atom stereocenters. The van der Waals surface area contributed by atoms with E-state index in [0.717, 1.165) is 38.0 Å². The van der Waals surface area contributed by atoms with Gasteiger partial charge in [-0.05, 0) is 43.5 Å². The molecule has 1 aromatic rings. The highest BCUT2D eigenvalue weighted by molar-refractivity contribution is 5.92. The van der Waals surface area contributed by atoms with Crippen LogP contribution in [-0.2, 0) is 11.2 Å². The molecule has 3 heteroatoms. The fraction of sp³-hybridized carbons (Fsp3) is 0.500. The molecule has 2 rings (SSSR count). The van der Waals surface area contributed by atoms with Crippen LogP contribution in [0.4, 0.5) is 5.69 Å². The Morgan fingerprint density at radius 1 is 1.53 bits per heavy atom. The van der Waals surface area contributed by atoms with Gasteiger partial charge in [0.15, 0.2) is 0 Å². The topological polar surface area (TPSA) is 41.1 Å². The number of amides is 1. The van der Waals surface area contributed by atoms with Gasteiger partial charge in [0.05, 0.1) is 5.92 Å². The van der Waals surface area contributed by atoms with Crippen molar-refractivity contribution in [1.29, 1.82) is 0 Å². The van der Waals surface area contributed by atoms with Crippen molar-refractivity contribution in [3.05, 3.63) is 29.8 Å². The predicted molar refractivity (Wildman–Crippen MR) is 70.0 cm³/mol. The molecule has 0 spiro atoms. The van der Waals surface area contributed by atoms with Crippen molar-refractivity contribution in [1.82, 2.24) is 5.32 Å². The summed E-state index contributed by atoms with van der Waals surface area (Å²) in [7, 11) is 0. The second-order valence-electron chi connectivity index (χ2n) is 4.59. The van der Waals surface area contributed by atoms with E-state index in [1.165, 1.54) is 5.56 Å². The smallest absolute Gasteiger partial charge is 0.228 e. The number of carbonyl (C=O) groups is 1. The number of hydrogen-bond acceptors (Lipinski definition) is 2. The lowest BCUT2D eigenvalue weighted by atomic mass is 9.98. The van der Waals surface area contributed by atoms with Gasteiger partial charge in [-0.3, -0.25) is 4.79 Å². The summed E-state index contributed by atoms with van der Waals surface area (Å²) < 4.78 is 0. The van der Waals surface area contributed by atoms with Gasteiger partial charge in [0.1, 0.15) is 0 Å². The number of anilines is 1. The van der Waals surface area contributed by atoms with E-state index in [9.17, 15) is 4.79 Å². The molecule has 3 nitrogen and oxygen atoms in total. The van der Waals surface area contributed by atoms with Crippen molar-refractivity contribution in [3.8, 4) is 0 Å². The number of benzene rings is 1. The predicted octanol–water partition coefficient (Wildman–Crippen LogP) is 2.19. The fourth-order valence-electron chi connectivity index (χ4n) is 2.19. The monoisotopic (exact) mass is 232 g/mol. The van der Waals surface area contributed by atoms with Gasteiger partial charge in [-0.2, -0.15) is 0 Å². The lowest BCUT2D eigenvalue weighted by Gasteiger charge is -2.22. The van der Waals surface area contributed by atoms with Crippen LogP contribution >= 0.6 is 0 Å². The average molecular weight is 232 g/mol. The maximum atomic E-state index is 12.0. The summed E-state index contributed by atoms with van der Waals surface area (Å²) in [5, 5.41) is 6.27. The van der Waals surface area contributed by atoms with E-state index < -0.39 is 0 Å². The molecule has 1 aromatic carbocycles. The number of rotatable bonds is 3. The van der Waals surface area contributed by atoms with Crippen molar-refractivity contribution >= 4 is 11.6 Å². The lowest BCUT2D eigenvalue weighted by molar-refractivity contribution is -0.120. The van der Waals surface area contributed by atoms with Gasteiger partial charge in [0, 0.05) is 12.2 Å². The Morgan fingerprint density at radius 3 is 3.12 bits per heavy atom. The molecule has 1 amide bonds. The van der Waals surface area contributed by atoms with Crippen LogP contribution in [0.15, 0.2) is 24.3 Å². The zero-order chi connectivity index (χ0) is 12.1. The quantitative estimate of drug-likeness (QED) is 0.838. The second kappa shape index (κ2) is 5.82. The largest absolute Gasteiger partial charge is 0.326 e. The minimum absolute atomic E-state index is 0.119. The maximum absolute atomic E-state index is 12.0. The summed E-state index contributed by atoms with van der Waals surface area (Å²) in [5.74, 6) is 0.263. The summed E-state index contributed by atoms with van der Waals surface area (Å²) in [6.45, 7) is 3.96. The third-order valence-electron chi connectivity index (χ3n) is 3.27. The molecule has 1 heterocycles. The SMILES string of the molecule is CCc1cccc(NC(=O)C2CCCNC2)c1. The van der Waals surface area contributed by atoms with Crippen LogP contribution in [-0.4, -0.2) is 19.0 Å². The van der Waals surface area contributed by atoms with E-state index in [4.69, 9.17) is 0 Å².